The number of Topliss-reactive ketones (excluding diaryl/α,β-unsaturated/α-hetero) is 1. The number of benzene rings is 3. The summed E-state index contributed by atoms with van der Waals surface area (Å²) >= 11 is 0. The zero-order valence-corrected chi connectivity index (χ0v) is 12.6. The molecule has 0 radical (unpaired) electrons. The second kappa shape index (κ2) is 6.38. The minimum absolute atomic E-state index is 0.0294. The quantitative estimate of drug-likeness (QED) is 0.331. The van der Waals surface area contributed by atoms with Crippen LogP contribution in [-0.4, -0.2) is 22.0 Å². The SMILES string of the molecule is O=C(O)C(=Cc1ccccc1)C(=O)c1cc2ccccc2cc1O. The normalized spacial score (nSPS) is 11.4. The Morgan fingerprint density at radius 1 is 0.833 bits per heavy atom. The van der Waals surface area contributed by atoms with Crippen LogP contribution in [0.2, 0.25) is 0 Å². The Labute approximate surface area is 138 Å². The van der Waals surface area contributed by atoms with E-state index in [1.54, 1.807) is 42.5 Å². The lowest BCUT2D eigenvalue weighted by molar-refractivity contribution is -0.132. The molecule has 0 fully saturated rings. The van der Waals surface area contributed by atoms with Gasteiger partial charge in [0.25, 0.3) is 0 Å². The van der Waals surface area contributed by atoms with Gasteiger partial charge in [0.2, 0.25) is 5.78 Å². The predicted octanol–water partition coefficient (Wildman–Crippen LogP) is 3.90. The summed E-state index contributed by atoms with van der Waals surface area (Å²) in [6.45, 7) is 0. The number of fused-ring (bicyclic) bond motifs is 1. The molecule has 0 spiro atoms. The van der Waals surface area contributed by atoms with Crippen LogP contribution in [0, 0.1) is 0 Å². The third-order valence-electron chi connectivity index (χ3n) is 3.69. The molecular weight excluding hydrogens is 304 g/mol. The van der Waals surface area contributed by atoms with Gasteiger partial charge >= 0.3 is 5.97 Å². The smallest absolute Gasteiger partial charge is 0.339 e. The van der Waals surface area contributed by atoms with E-state index in [1.165, 1.54) is 18.2 Å². The molecule has 24 heavy (non-hydrogen) atoms. The summed E-state index contributed by atoms with van der Waals surface area (Å²) in [5.74, 6) is -2.30. The average molecular weight is 318 g/mol. The van der Waals surface area contributed by atoms with E-state index in [2.05, 4.69) is 0 Å². The monoisotopic (exact) mass is 318 g/mol. The number of phenolic OH excluding ortho intramolecular Hbond substituents is 1. The van der Waals surface area contributed by atoms with Crippen LogP contribution >= 0.6 is 0 Å². The molecule has 0 amide bonds. The molecule has 0 saturated carbocycles. The number of hydrogen-bond acceptors (Lipinski definition) is 3. The van der Waals surface area contributed by atoms with E-state index in [0.29, 0.717) is 5.56 Å². The van der Waals surface area contributed by atoms with Gasteiger partial charge in [-0.3, -0.25) is 4.79 Å². The maximum absolute atomic E-state index is 12.6. The summed E-state index contributed by atoms with van der Waals surface area (Å²) in [5, 5.41) is 21.1. The minimum Gasteiger partial charge on any atom is -0.507 e. The van der Waals surface area contributed by atoms with Crippen molar-refractivity contribution in [3.05, 3.63) is 83.4 Å². The zero-order valence-electron chi connectivity index (χ0n) is 12.6. The molecule has 0 aromatic heterocycles. The lowest BCUT2D eigenvalue weighted by Crippen LogP contribution is -2.12. The van der Waals surface area contributed by atoms with Crippen LogP contribution in [-0.2, 0) is 4.79 Å². The summed E-state index contributed by atoms with van der Waals surface area (Å²) in [4.78, 5) is 24.2. The van der Waals surface area contributed by atoms with E-state index in [-0.39, 0.29) is 11.3 Å². The van der Waals surface area contributed by atoms with Crippen LogP contribution in [0.15, 0.2) is 72.3 Å². The van der Waals surface area contributed by atoms with Gasteiger partial charge in [0, 0.05) is 0 Å². The maximum Gasteiger partial charge on any atom is 0.339 e. The van der Waals surface area contributed by atoms with Crippen LogP contribution < -0.4 is 0 Å². The van der Waals surface area contributed by atoms with E-state index < -0.39 is 17.3 Å². The molecule has 0 bridgehead atoms. The van der Waals surface area contributed by atoms with E-state index in [9.17, 15) is 19.8 Å². The van der Waals surface area contributed by atoms with Gasteiger partial charge < -0.3 is 10.2 Å². The van der Waals surface area contributed by atoms with Crippen molar-refractivity contribution in [2.45, 2.75) is 0 Å². The predicted molar refractivity (Wildman–Crippen MR) is 92.0 cm³/mol. The topological polar surface area (TPSA) is 74.6 Å². The van der Waals surface area contributed by atoms with E-state index in [1.807, 2.05) is 12.1 Å². The molecule has 4 nitrogen and oxygen atoms in total. The van der Waals surface area contributed by atoms with Crippen molar-refractivity contribution in [1.29, 1.82) is 0 Å². The summed E-state index contributed by atoms with van der Waals surface area (Å²) in [6, 6.07) is 18.9. The third-order valence-corrected chi connectivity index (χ3v) is 3.69. The first-order chi connectivity index (χ1) is 11.6. The van der Waals surface area contributed by atoms with Crippen LogP contribution in [0.4, 0.5) is 0 Å². The largest absolute Gasteiger partial charge is 0.507 e. The first kappa shape index (κ1) is 15.5. The van der Waals surface area contributed by atoms with Crippen LogP contribution in [0.5, 0.6) is 5.75 Å². The molecule has 0 atom stereocenters. The van der Waals surface area contributed by atoms with Gasteiger partial charge in [-0.05, 0) is 34.5 Å². The Morgan fingerprint density at radius 2 is 1.42 bits per heavy atom. The maximum atomic E-state index is 12.6. The first-order valence-electron chi connectivity index (χ1n) is 7.33. The molecule has 0 saturated heterocycles. The summed E-state index contributed by atoms with van der Waals surface area (Å²) < 4.78 is 0. The van der Waals surface area contributed by atoms with Gasteiger partial charge in [-0.25, -0.2) is 4.79 Å². The van der Waals surface area contributed by atoms with Gasteiger partial charge in [-0.1, -0.05) is 54.6 Å². The van der Waals surface area contributed by atoms with E-state index in [0.717, 1.165) is 10.8 Å². The number of phenols is 1. The number of aromatic hydroxyl groups is 1. The number of carboxylic acids is 1. The first-order valence-corrected chi connectivity index (χ1v) is 7.33. The Bertz CT molecular complexity index is 956. The molecule has 0 aliphatic rings. The molecule has 0 unspecified atom stereocenters. The number of ketones is 1. The Morgan fingerprint density at radius 3 is 2.04 bits per heavy atom. The van der Waals surface area contributed by atoms with Crippen LogP contribution in [0.25, 0.3) is 16.8 Å². The minimum atomic E-state index is -1.34. The highest BCUT2D eigenvalue weighted by Crippen LogP contribution is 2.27. The highest BCUT2D eigenvalue weighted by atomic mass is 16.4. The lowest BCUT2D eigenvalue weighted by atomic mass is 9.97. The van der Waals surface area contributed by atoms with Crippen molar-refractivity contribution in [2.75, 3.05) is 0 Å². The molecule has 3 rings (SSSR count). The number of aliphatic carboxylic acids is 1. The van der Waals surface area contributed by atoms with Crippen molar-refractivity contribution < 1.29 is 19.8 Å². The standard InChI is InChI=1S/C20H14O4/c21-18-12-15-9-5-4-8-14(15)11-16(18)19(22)17(20(23)24)10-13-6-2-1-3-7-13/h1-12,21H,(H,23,24). The molecule has 3 aromatic rings. The fraction of sp³-hybridized carbons (Fsp3) is 0. The Kier molecular flexibility index (Phi) is 4.12. The molecule has 2 N–H and O–H groups in total. The Balaban J connectivity index is 2.10. The summed E-state index contributed by atoms with van der Waals surface area (Å²) in [5.41, 5.74) is 0.175. The highest BCUT2D eigenvalue weighted by molar-refractivity contribution is 6.27. The lowest BCUT2D eigenvalue weighted by Gasteiger charge is -2.07. The number of hydrogen-bond donors (Lipinski definition) is 2. The van der Waals surface area contributed by atoms with Gasteiger partial charge in [0.15, 0.2) is 0 Å². The zero-order chi connectivity index (χ0) is 17.1. The third kappa shape index (κ3) is 3.03. The van der Waals surface area contributed by atoms with Crippen molar-refractivity contribution in [1.82, 2.24) is 0 Å². The van der Waals surface area contributed by atoms with Gasteiger partial charge in [0.1, 0.15) is 11.3 Å². The summed E-state index contributed by atoms with van der Waals surface area (Å²) in [7, 11) is 0. The molecule has 0 aliphatic heterocycles. The molecule has 0 aliphatic carbocycles. The van der Waals surface area contributed by atoms with Gasteiger partial charge in [-0.2, -0.15) is 0 Å². The second-order valence-corrected chi connectivity index (χ2v) is 5.32. The van der Waals surface area contributed by atoms with Crippen LogP contribution in [0.1, 0.15) is 15.9 Å². The molecular formula is C20H14O4. The fourth-order valence-corrected chi connectivity index (χ4v) is 2.50. The van der Waals surface area contributed by atoms with Crippen molar-refractivity contribution in [3.8, 4) is 5.75 Å². The average Bonchev–Trinajstić information content (AvgIpc) is 2.59. The van der Waals surface area contributed by atoms with E-state index in [4.69, 9.17) is 0 Å². The number of carbonyl (C=O) groups is 2. The number of carboxylic acid groups (broad SMARTS) is 1. The van der Waals surface area contributed by atoms with Crippen LogP contribution in [0.3, 0.4) is 0 Å². The second-order valence-electron chi connectivity index (χ2n) is 5.32. The van der Waals surface area contributed by atoms with Gasteiger partial charge in [-0.15, -0.1) is 0 Å². The van der Waals surface area contributed by atoms with Crippen molar-refractivity contribution in [2.24, 2.45) is 0 Å². The number of rotatable bonds is 4. The molecule has 118 valence electrons. The van der Waals surface area contributed by atoms with Crippen molar-refractivity contribution in [3.63, 3.8) is 0 Å². The molecule has 3 aromatic carbocycles. The molecule has 0 heterocycles. The fourth-order valence-electron chi connectivity index (χ4n) is 2.50. The van der Waals surface area contributed by atoms with E-state index >= 15 is 0 Å². The Hall–Kier alpha value is -3.40. The summed E-state index contributed by atoms with van der Waals surface area (Å²) in [6.07, 6.45) is 1.30. The number of carbonyl (C=O) groups excluding carboxylic acids is 1. The molecule has 4 heteroatoms. The van der Waals surface area contributed by atoms with Crippen molar-refractivity contribution >= 4 is 28.6 Å². The van der Waals surface area contributed by atoms with Gasteiger partial charge in [0.05, 0.1) is 5.56 Å². The highest BCUT2D eigenvalue weighted by Gasteiger charge is 2.22.